The van der Waals surface area contributed by atoms with Gasteiger partial charge in [0.2, 0.25) is 0 Å². The lowest BCUT2D eigenvalue weighted by Crippen LogP contribution is -2.36. The van der Waals surface area contributed by atoms with Crippen molar-refractivity contribution in [3.05, 3.63) is 48.0 Å². The van der Waals surface area contributed by atoms with E-state index < -0.39 is 0 Å². The zero-order valence-corrected chi connectivity index (χ0v) is 10.2. The monoisotopic (exact) mass is 252 g/mol. The molecule has 1 aliphatic carbocycles. The Labute approximate surface area is 110 Å². The SMILES string of the molecule is O=C1OC(=O)C2C1CC2c1ccc2ccccc2c1. The number of hydrogen-bond acceptors (Lipinski definition) is 3. The van der Waals surface area contributed by atoms with Gasteiger partial charge in [0, 0.05) is 0 Å². The zero-order valence-electron chi connectivity index (χ0n) is 10.2. The quantitative estimate of drug-likeness (QED) is 0.579. The number of esters is 2. The molecule has 2 aliphatic rings. The number of rotatable bonds is 1. The molecule has 2 fully saturated rings. The molecule has 0 amide bonds. The highest BCUT2D eigenvalue weighted by molar-refractivity contribution is 5.99. The minimum Gasteiger partial charge on any atom is -0.393 e. The molecular formula is C16H12O3. The fourth-order valence-corrected chi connectivity index (χ4v) is 3.25. The van der Waals surface area contributed by atoms with Crippen LogP contribution in [0.15, 0.2) is 42.5 Å². The number of fused-ring (bicyclic) bond motifs is 2. The predicted octanol–water partition coefficient (Wildman–Crippen LogP) is 2.64. The summed E-state index contributed by atoms with van der Waals surface area (Å²) in [5.41, 5.74) is 1.13. The van der Waals surface area contributed by atoms with Crippen LogP contribution in [0.4, 0.5) is 0 Å². The largest absolute Gasteiger partial charge is 0.393 e. The summed E-state index contributed by atoms with van der Waals surface area (Å²) >= 11 is 0. The first kappa shape index (κ1) is 10.7. The first-order valence-electron chi connectivity index (χ1n) is 6.48. The molecule has 1 saturated heterocycles. The Morgan fingerprint density at radius 3 is 2.47 bits per heavy atom. The molecule has 1 heterocycles. The second-order valence-electron chi connectivity index (χ2n) is 5.32. The Balaban J connectivity index is 1.72. The van der Waals surface area contributed by atoms with E-state index in [1.807, 2.05) is 12.1 Å². The van der Waals surface area contributed by atoms with Gasteiger partial charge in [-0.05, 0) is 28.7 Å². The molecule has 3 heteroatoms. The van der Waals surface area contributed by atoms with Crippen LogP contribution in [0.1, 0.15) is 17.9 Å². The van der Waals surface area contributed by atoms with Crippen LogP contribution in [0, 0.1) is 11.8 Å². The van der Waals surface area contributed by atoms with Gasteiger partial charge in [0.05, 0.1) is 11.8 Å². The summed E-state index contributed by atoms with van der Waals surface area (Å²) in [6.45, 7) is 0. The summed E-state index contributed by atoms with van der Waals surface area (Å²) in [5.74, 6) is -1.02. The van der Waals surface area contributed by atoms with Crippen molar-refractivity contribution in [3.8, 4) is 0 Å². The van der Waals surface area contributed by atoms with E-state index in [-0.39, 0.29) is 29.7 Å². The highest BCUT2D eigenvalue weighted by Crippen LogP contribution is 2.52. The van der Waals surface area contributed by atoms with Crippen LogP contribution in [0.5, 0.6) is 0 Å². The van der Waals surface area contributed by atoms with Crippen molar-refractivity contribution in [3.63, 3.8) is 0 Å². The molecule has 0 aromatic heterocycles. The highest BCUT2D eigenvalue weighted by atomic mass is 16.6. The predicted molar refractivity (Wildman–Crippen MR) is 69.4 cm³/mol. The molecule has 3 nitrogen and oxygen atoms in total. The van der Waals surface area contributed by atoms with Gasteiger partial charge >= 0.3 is 11.9 Å². The van der Waals surface area contributed by atoms with Gasteiger partial charge in [-0.1, -0.05) is 42.5 Å². The molecule has 4 rings (SSSR count). The topological polar surface area (TPSA) is 43.4 Å². The molecule has 0 bridgehead atoms. The van der Waals surface area contributed by atoms with Crippen LogP contribution in [0.2, 0.25) is 0 Å². The maximum Gasteiger partial charge on any atom is 0.318 e. The highest BCUT2D eigenvalue weighted by Gasteiger charge is 2.57. The van der Waals surface area contributed by atoms with E-state index in [2.05, 4.69) is 30.3 Å². The van der Waals surface area contributed by atoms with E-state index in [9.17, 15) is 9.59 Å². The number of benzene rings is 2. The summed E-state index contributed by atoms with van der Waals surface area (Å²) in [6, 6.07) is 14.4. The van der Waals surface area contributed by atoms with E-state index in [1.54, 1.807) is 0 Å². The Kier molecular flexibility index (Phi) is 2.07. The first-order valence-corrected chi connectivity index (χ1v) is 6.48. The molecule has 3 unspecified atom stereocenters. The average molecular weight is 252 g/mol. The van der Waals surface area contributed by atoms with Gasteiger partial charge in [-0.15, -0.1) is 0 Å². The van der Waals surface area contributed by atoms with E-state index in [0.29, 0.717) is 0 Å². The molecule has 19 heavy (non-hydrogen) atoms. The average Bonchev–Trinajstić information content (AvgIpc) is 2.57. The lowest BCUT2D eigenvalue weighted by Gasteiger charge is -2.35. The fraction of sp³-hybridized carbons (Fsp3) is 0.250. The maximum atomic E-state index is 11.7. The third-order valence-corrected chi connectivity index (χ3v) is 4.35. The standard InChI is InChI=1S/C16H12O3/c17-15-13-8-12(14(13)16(18)19-15)11-6-5-9-3-1-2-4-10(9)7-11/h1-7,12-14H,8H2. The van der Waals surface area contributed by atoms with E-state index in [0.717, 1.165) is 12.0 Å². The molecule has 2 aromatic rings. The number of carbonyl (C=O) groups excluding carboxylic acids is 2. The van der Waals surface area contributed by atoms with Crippen molar-refractivity contribution in [1.29, 1.82) is 0 Å². The molecule has 1 aliphatic heterocycles. The van der Waals surface area contributed by atoms with Crippen molar-refractivity contribution in [2.24, 2.45) is 11.8 Å². The lowest BCUT2D eigenvalue weighted by atomic mass is 9.63. The Bertz CT molecular complexity index is 704. The maximum absolute atomic E-state index is 11.7. The molecule has 0 spiro atoms. The second kappa shape index (κ2) is 3.67. The van der Waals surface area contributed by atoms with Gasteiger partial charge in [-0.25, -0.2) is 0 Å². The smallest absolute Gasteiger partial charge is 0.318 e. The number of cyclic esters (lactones) is 2. The zero-order chi connectivity index (χ0) is 13.0. The summed E-state index contributed by atoms with van der Waals surface area (Å²) in [6.07, 6.45) is 0.730. The fourth-order valence-electron chi connectivity index (χ4n) is 3.25. The van der Waals surface area contributed by atoms with E-state index in [4.69, 9.17) is 4.74 Å². The van der Waals surface area contributed by atoms with Gasteiger partial charge in [0.25, 0.3) is 0 Å². The molecule has 0 radical (unpaired) electrons. The lowest BCUT2D eigenvalue weighted by molar-refractivity contribution is -0.153. The summed E-state index contributed by atoms with van der Waals surface area (Å²) in [7, 11) is 0. The molecule has 0 N–H and O–H groups in total. The van der Waals surface area contributed by atoms with Crippen molar-refractivity contribution in [1.82, 2.24) is 0 Å². The third kappa shape index (κ3) is 1.44. The minimum absolute atomic E-state index is 0.133. The molecule has 94 valence electrons. The van der Waals surface area contributed by atoms with E-state index >= 15 is 0 Å². The van der Waals surface area contributed by atoms with Crippen LogP contribution in [0.3, 0.4) is 0 Å². The van der Waals surface area contributed by atoms with Gasteiger partial charge in [-0.2, -0.15) is 0 Å². The Morgan fingerprint density at radius 1 is 0.895 bits per heavy atom. The van der Waals surface area contributed by atoms with Crippen LogP contribution < -0.4 is 0 Å². The van der Waals surface area contributed by atoms with E-state index in [1.165, 1.54) is 10.8 Å². The summed E-state index contributed by atoms with van der Waals surface area (Å²) < 4.78 is 4.71. The van der Waals surface area contributed by atoms with Gasteiger partial charge < -0.3 is 4.74 Å². The van der Waals surface area contributed by atoms with Gasteiger partial charge in [0.15, 0.2) is 0 Å². The van der Waals surface area contributed by atoms with Gasteiger partial charge in [0.1, 0.15) is 0 Å². The molecule has 2 aromatic carbocycles. The van der Waals surface area contributed by atoms with Crippen LogP contribution >= 0.6 is 0 Å². The summed E-state index contributed by atoms with van der Waals surface area (Å²) in [4.78, 5) is 23.0. The normalized spacial score (nSPS) is 28.9. The summed E-state index contributed by atoms with van der Waals surface area (Å²) in [5, 5.41) is 2.35. The Hall–Kier alpha value is -2.16. The van der Waals surface area contributed by atoms with Crippen LogP contribution in [0.25, 0.3) is 10.8 Å². The molecular weight excluding hydrogens is 240 g/mol. The Morgan fingerprint density at radius 2 is 1.68 bits per heavy atom. The third-order valence-electron chi connectivity index (χ3n) is 4.35. The van der Waals surface area contributed by atoms with Crippen LogP contribution in [-0.2, 0) is 14.3 Å². The first-order chi connectivity index (χ1) is 9.24. The van der Waals surface area contributed by atoms with Gasteiger partial charge in [-0.3, -0.25) is 9.59 Å². The number of hydrogen-bond donors (Lipinski definition) is 0. The van der Waals surface area contributed by atoms with Crippen molar-refractivity contribution < 1.29 is 14.3 Å². The number of ether oxygens (including phenoxy) is 1. The van der Waals surface area contributed by atoms with Crippen molar-refractivity contribution >= 4 is 22.7 Å². The molecule has 1 saturated carbocycles. The minimum atomic E-state index is -0.348. The van der Waals surface area contributed by atoms with Crippen molar-refractivity contribution in [2.45, 2.75) is 12.3 Å². The van der Waals surface area contributed by atoms with Crippen LogP contribution in [-0.4, -0.2) is 11.9 Å². The second-order valence-corrected chi connectivity index (χ2v) is 5.32. The van der Waals surface area contributed by atoms with Crippen molar-refractivity contribution in [2.75, 3.05) is 0 Å². The number of carbonyl (C=O) groups is 2. The molecule has 3 atom stereocenters.